The van der Waals surface area contributed by atoms with Gasteiger partial charge in [-0.15, -0.1) is 22.7 Å². The van der Waals surface area contributed by atoms with Crippen molar-refractivity contribution in [2.75, 3.05) is 0 Å². The molecule has 3 aromatic heterocycles. The van der Waals surface area contributed by atoms with E-state index < -0.39 is 0 Å². The van der Waals surface area contributed by atoms with Crippen LogP contribution in [0, 0.1) is 0 Å². The Morgan fingerprint density at radius 1 is 0.500 bits per heavy atom. The summed E-state index contributed by atoms with van der Waals surface area (Å²) in [6, 6.07) is 19.6. The van der Waals surface area contributed by atoms with Crippen LogP contribution >= 0.6 is 80.8 Å². The van der Waals surface area contributed by atoms with Gasteiger partial charge < -0.3 is 0 Å². The quantitative estimate of drug-likeness (QED) is 0.191. The van der Waals surface area contributed by atoms with Crippen molar-refractivity contribution in [3.8, 4) is 41.8 Å². The van der Waals surface area contributed by atoms with Gasteiger partial charge in [0.05, 0.1) is 43.2 Å². The molecule has 0 aliphatic carbocycles. The second kappa shape index (κ2) is 9.80. The van der Waals surface area contributed by atoms with Gasteiger partial charge in [-0.25, -0.2) is 0 Å². The first-order valence-corrected chi connectivity index (χ1v) is 15.6. The average Bonchev–Trinajstić information content (AvgIpc) is 3.72. The summed E-state index contributed by atoms with van der Waals surface area (Å²) in [5.41, 5.74) is 7.16. The second-order valence-corrected chi connectivity index (χ2v) is 13.1. The van der Waals surface area contributed by atoms with Gasteiger partial charge >= 0.3 is 0 Å². The summed E-state index contributed by atoms with van der Waals surface area (Å²) < 4.78 is 18.9. The maximum absolute atomic E-state index is 6.27. The lowest BCUT2D eigenvalue weighted by Gasteiger charge is -2.09. The van der Waals surface area contributed by atoms with Crippen LogP contribution in [-0.4, -0.2) is 8.75 Å². The number of benzene rings is 3. The first-order chi connectivity index (χ1) is 18.5. The monoisotopic (exact) mass is 646 g/mol. The molecular weight excluding hydrogens is 638 g/mol. The molecule has 186 valence electrons. The third-order valence-corrected chi connectivity index (χ3v) is 10.9. The summed E-state index contributed by atoms with van der Waals surface area (Å²) in [5.74, 6) is 0. The molecule has 0 amide bonds. The maximum Gasteiger partial charge on any atom is 0.116 e. The van der Waals surface area contributed by atoms with Crippen LogP contribution in [0.5, 0.6) is 0 Å². The van der Waals surface area contributed by atoms with Crippen LogP contribution in [0.25, 0.3) is 52.8 Å². The number of nitrogens with zero attached hydrogens (tertiary/aromatic N) is 4. The highest BCUT2D eigenvalue weighted by Gasteiger charge is 2.27. The topological polar surface area (TPSA) is 50.5 Å². The predicted molar refractivity (Wildman–Crippen MR) is 166 cm³/mol. The standard InChI is InChI=1S/C26H10Cl4N4S4/c27-13-3-1-11(9-15(13)29)17-5-7-19(35-17)21-23-25(33-37-31-23)22(26-24(21)32-38-34-26)20-8-6-18(36-20)12-2-4-14(28)16(30)10-12/h1-10H. The summed E-state index contributed by atoms with van der Waals surface area (Å²) in [6.45, 7) is 0. The highest BCUT2D eigenvalue weighted by Crippen LogP contribution is 2.54. The van der Waals surface area contributed by atoms with E-state index in [-0.39, 0.29) is 0 Å². The van der Waals surface area contributed by atoms with E-state index in [0.717, 1.165) is 64.2 Å². The Bertz CT molecular complexity index is 1850. The lowest BCUT2D eigenvalue weighted by molar-refractivity contribution is 1.54. The number of hydrogen-bond acceptors (Lipinski definition) is 7. The summed E-state index contributed by atoms with van der Waals surface area (Å²) in [5, 5.41) is 2.11. The van der Waals surface area contributed by atoms with E-state index in [1.165, 1.54) is 23.1 Å². The maximum atomic E-state index is 6.27. The summed E-state index contributed by atoms with van der Waals surface area (Å²) >= 11 is 30.5. The zero-order valence-corrected chi connectivity index (χ0v) is 25.0. The van der Waals surface area contributed by atoms with Crippen LogP contribution < -0.4 is 0 Å². The fraction of sp³-hybridized carbons (Fsp3) is 0. The normalized spacial score (nSPS) is 12.3. The van der Waals surface area contributed by atoms with Crippen LogP contribution in [0.3, 0.4) is 0 Å². The molecule has 38 heavy (non-hydrogen) atoms. The molecule has 4 heterocycles. The van der Waals surface area contributed by atoms with E-state index in [2.05, 4.69) is 24.3 Å². The fourth-order valence-electron chi connectivity index (χ4n) is 4.28. The minimum Gasteiger partial charge on any atom is -0.172 e. The Labute approximate surface area is 252 Å². The third-order valence-electron chi connectivity index (χ3n) is 6.04. The smallest absolute Gasteiger partial charge is 0.116 e. The Kier molecular flexibility index (Phi) is 6.41. The molecule has 0 fully saturated rings. The molecule has 1 aliphatic rings. The molecule has 0 radical (unpaired) electrons. The van der Waals surface area contributed by atoms with Gasteiger partial charge in [0.15, 0.2) is 0 Å². The van der Waals surface area contributed by atoms with Crippen molar-refractivity contribution in [2.24, 2.45) is 8.73 Å². The largest absolute Gasteiger partial charge is 0.172 e. The van der Waals surface area contributed by atoms with Crippen molar-refractivity contribution in [2.45, 2.75) is 0 Å². The van der Waals surface area contributed by atoms with E-state index in [9.17, 15) is 0 Å². The van der Waals surface area contributed by atoms with Gasteiger partial charge in [-0.05, 0) is 59.7 Å². The molecule has 0 saturated carbocycles. The molecule has 0 bridgehead atoms. The first-order valence-electron chi connectivity index (χ1n) is 11.0. The zero-order valence-electron chi connectivity index (χ0n) is 18.7. The van der Waals surface area contributed by atoms with Gasteiger partial charge in [-0.3, -0.25) is 0 Å². The van der Waals surface area contributed by atoms with Crippen LogP contribution in [0.15, 0.2) is 69.4 Å². The zero-order chi connectivity index (χ0) is 26.0. The van der Waals surface area contributed by atoms with Gasteiger partial charge in [-0.2, -0.15) is 17.5 Å². The third kappa shape index (κ3) is 4.15. The average molecular weight is 648 g/mol. The van der Waals surface area contributed by atoms with E-state index in [1.807, 2.05) is 36.4 Å². The molecule has 4 nitrogen and oxygen atoms in total. The van der Waals surface area contributed by atoms with Crippen molar-refractivity contribution >= 4 is 115 Å². The van der Waals surface area contributed by atoms with Gasteiger partial charge in [0, 0.05) is 30.6 Å². The Balaban J connectivity index is 1.37. The molecule has 0 spiro atoms. The molecule has 0 unspecified atom stereocenters. The number of fused-ring (bicyclic) bond motifs is 2. The number of aromatic nitrogens is 2. The minimum absolute atomic E-state index is 0.525. The molecule has 0 N–H and O–H groups in total. The van der Waals surface area contributed by atoms with Gasteiger partial charge in [-0.1, -0.05) is 58.5 Å². The Morgan fingerprint density at radius 2 is 0.947 bits per heavy atom. The van der Waals surface area contributed by atoms with Crippen molar-refractivity contribution in [1.82, 2.24) is 8.75 Å². The van der Waals surface area contributed by atoms with Crippen molar-refractivity contribution in [1.29, 1.82) is 0 Å². The number of halogens is 4. The van der Waals surface area contributed by atoms with Crippen LogP contribution in [0.4, 0.5) is 11.4 Å². The van der Waals surface area contributed by atoms with E-state index in [0.29, 0.717) is 20.1 Å². The number of thiophene rings is 2. The predicted octanol–water partition coefficient (Wildman–Crippen LogP) is 11.8. The van der Waals surface area contributed by atoms with E-state index in [1.54, 1.807) is 22.7 Å². The summed E-state index contributed by atoms with van der Waals surface area (Å²) in [4.78, 5) is 4.21. The van der Waals surface area contributed by atoms with Gasteiger partial charge in [0.2, 0.25) is 0 Å². The van der Waals surface area contributed by atoms with Gasteiger partial charge in [0.1, 0.15) is 22.4 Å². The van der Waals surface area contributed by atoms with Crippen molar-refractivity contribution in [3.63, 3.8) is 0 Å². The van der Waals surface area contributed by atoms with Crippen molar-refractivity contribution < 1.29 is 0 Å². The molecule has 1 aliphatic heterocycles. The molecule has 7 rings (SSSR count). The van der Waals surface area contributed by atoms with Crippen LogP contribution in [-0.2, 0) is 11.4 Å². The minimum atomic E-state index is 0.525. The molecule has 0 atom stereocenters. The lowest BCUT2D eigenvalue weighted by Crippen LogP contribution is -1.85. The van der Waals surface area contributed by atoms with Gasteiger partial charge in [0.25, 0.3) is 0 Å². The Morgan fingerprint density at radius 3 is 1.39 bits per heavy atom. The van der Waals surface area contributed by atoms with Crippen molar-refractivity contribution in [3.05, 3.63) is 80.8 Å². The van der Waals surface area contributed by atoms with Crippen LogP contribution in [0.2, 0.25) is 20.1 Å². The SMILES string of the molecule is Clc1ccc(-c2ccc(-c3c4c(c(-c5ccc(-c6ccc(Cl)c(Cl)c6)s5)c5nsnc35)N=S=N4)s2)cc1Cl. The molecule has 3 aromatic carbocycles. The van der Waals surface area contributed by atoms with E-state index in [4.69, 9.17) is 63.9 Å². The fourth-order valence-corrected chi connectivity index (χ4v) is 8.09. The molecule has 12 heteroatoms. The highest BCUT2D eigenvalue weighted by atomic mass is 35.5. The number of hydrogen-bond donors (Lipinski definition) is 0. The van der Waals surface area contributed by atoms with E-state index >= 15 is 0 Å². The second-order valence-electron chi connectivity index (χ2n) is 8.26. The summed E-state index contributed by atoms with van der Waals surface area (Å²) in [6.07, 6.45) is 0. The Hall–Kier alpha value is -2.14. The summed E-state index contributed by atoms with van der Waals surface area (Å²) in [7, 11) is 0. The molecular formula is C26H10Cl4N4S4. The lowest BCUT2D eigenvalue weighted by atomic mass is 10.0. The first kappa shape index (κ1) is 24.9. The van der Waals surface area contributed by atoms with Crippen LogP contribution in [0.1, 0.15) is 0 Å². The highest BCUT2D eigenvalue weighted by molar-refractivity contribution is 7.58. The molecule has 0 saturated heterocycles. The molecule has 6 aromatic rings. The number of rotatable bonds is 4.